The summed E-state index contributed by atoms with van der Waals surface area (Å²) in [6.07, 6.45) is 2.13. The number of aromatic carboxylic acids is 1. The molecule has 1 heterocycles. The lowest BCUT2D eigenvalue weighted by Gasteiger charge is -2.17. The zero-order valence-electron chi connectivity index (χ0n) is 23.1. The minimum atomic E-state index is -1.12. The molecule has 6 aromatic rings. The molecule has 0 aliphatic rings. The average molecular weight is 573 g/mol. The van der Waals surface area contributed by atoms with E-state index in [4.69, 9.17) is 16.6 Å². The highest BCUT2D eigenvalue weighted by atomic mass is 35.5. The Labute approximate surface area is 248 Å². The quantitative estimate of drug-likeness (QED) is 0.169. The van der Waals surface area contributed by atoms with Gasteiger partial charge in [-0.1, -0.05) is 91.7 Å². The van der Waals surface area contributed by atoms with E-state index in [9.17, 15) is 14.7 Å². The summed E-state index contributed by atoms with van der Waals surface area (Å²) in [7, 11) is 0. The van der Waals surface area contributed by atoms with Crippen molar-refractivity contribution in [1.29, 1.82) is 0 Å². The smallest absolute Gasteiger partial charge is 0.336 e. The van der Waals surface area contributed by atoms with E-state index in [1.54, 1.807) is 24.3 Å². The number of hydrogen-bond donors (Lipinski definition) is 2. The summed E-state index contributed by atoms with van der Waals surface area (Å²) in [6, 6.07) is 32.4. The maximum Gasteiger partial charge on any atom is 0.336 e. The van der Waals surface area contributed by atoms with Gasteiger partial charge in [-0.25, -0.2) is 9.78 Å². The zero-order valence-corrected chi connectivity index (χ0v) is 23.9. The van der Waals surface area contributed by atoms with E-state index in [-0.39, 0.29) is 17.3 Å². The third-order valence-electron chi connectivity index (χ3n) is 7.79. The van der Waals surface area contributed by atoms with E-state index < -0.39 is 5.97 Å². The number of rotatable bonds is 9. The number of carboxylic acids is 1. The third kappa shape index (κ3) is 5.44. The fourth-order valence-corrected chi connectivity index (χ4v) is 5.87. The number of nitrogens with one attached hydrogen (secondary N) is 1. The fourth-order valence-electron chi connectivity index (χ4n) is 5.70. The minimum Gasteiger partial charge on any atom is -0.478 e. The van der Waals surface area contributed by atoms with E-state index in [2.05, 4.69) is 24.0 Å². The number of H-pyrrole nitrogens is 1. The van der Waals surface area contributed by atoms with Crippen LogP contribution in [0.15, 0.2) is 103 Å². The minimum absolute atomic E-state index is 0.0398. The molecule has 42 heavy (non-hydrogen) atoms. The second-order valence-electron chi connectivity index (χ2n) is 10.6. The van der Waals surface area contributed by atoms with E-state index in [0.29, 0.717) is 39.5 Å². The van der Waals surface area contributed by atoms with Crippen molar-refractivity contribution in [2.75, 3.05) is 0 Å². The lowest BCUT2D eigenvalue weighted by Crippen LogP contribution is -2.10. The Morgan fingerprint density at radius 2 is 1.55 bits per heavy atom. The number of carboxylic acid groups (broad SMARTS) is 1. The molecular formula is C36H29ClN2O3. The lowest BCUT2D eigenvalue weighted by atomic mass is 9.87. The van der Waals surface area contributed by atoms with E-state index >= 15 is 0 Å². The number of halogens is 1. The van der Waals surface area contributed by atoms with E-state index in [0.717, 1.165) is 40.2 Å². The molecule has 1 aromatic heterocycles. The number of hydrogen-bond acceptors (Lipinski definition) is 3. The van der Waals surface area contributed by atoms with Gasteiger partial charge in [0.05, 0.1) is 16.6 Å². The molecule has 208 valence electrons. The number of benzene rings is 5. The van der Waals surface area contributed by atoms with Crippen molar-refractivity contribution in [2.45, 2.75) is 32.1 Å². The summed E-state index contributed by atoms with van der Waals surface area (Å²) in [5.74, 6) is -0.522. The number of Topliss-reactive ketones (excluding diaryl/α,β-unsaturated/α-hetero) is 1. The normalized spacial score (nSPS) is 12.0. The van der Waals surface area contributed by atoms with Gasteiger partial charge in [0.15, 0.2) is 5.78 Å². The van der Waals surface area contributed by atoms with Crippen molar-refractivity contribution < 1.29 is 14.7 Å². The highest BCUT2D eigenvalue weighted by Gasteiger charge is 2.22. The molecule has 1 atom stereocenters. The average Bonchev–Trinajstić information content (AvgIpc) is 3.42. The van der Waals surface area contributed by atoms with Crippen LogP contribution in [0, 0.1) is 0 Å². The number of imidazole rings is 1. The highest BCUT2D eigenvalue weighted by molar-refractivity contribution is 6.31. The van der Waals surface area contributed by atoms with Gasteiger partial charge in [0.1, 0.15) is 5.82 Å². The summed E-state index contributed by atoms with van der Waals surface area (Å²) < 4.78 is 0. The lowest BCUT2D eigenvalue weighted by molar-refractivity contribution is 0.0697. The Morgan fingerprint density at radius 3 is 2.29 bits per heavy atom. The first-order valence-electron chi connectivity index (χ1n) is 14.1. The standard InChI is InChI=1S/C36H29ClN2O3/c1-2-8-23(22-9-4-3-5-10-22)20-34(40)26-13-15-28(31(17-26)36(41)42)30-21-27(37)14-16-29(30)35-38-32-18-24-11-6-7-12-25(24)19-33(32)39-35/h3-7,9-19,21,23H,2,8,20H2,1H3,(H,38,39)(H,41,42)/t23-/m0/s1. The summed E-state index contributed by atoms with van der Waals surface area (Å²) in [4.78, 5) is 34.2. The van der Waals surface area contributed by atoms with Crippen LogP contribution in [0.1, 0.15) is 58.4 Å². The molecule has 0 radical (unpaired) electrons. The molecular weight excluding hydrogens is 544 g/mol. The van der Waals surface area contributed by atoms with Crippen LogP contribution in [-0.4, -0.2) is 26.8 Å². The maximum absolute atomic E-state index is 13.4. The molecule has 6 heteroatoms. The van der Waals surface area contributed by atoms with E-state index in [1.807, 2.05) is 60.7 Å². The molecule has 6 rings (SSSR count). The summed E-state index contributed by atoms with van der Waals surface area (Å²) in [5.41, 5.74) is 5.03. The molecule has 0 bridgehead atoms. The van der Waals surface area contributed by atoms with Gasteiger partial charge in [0.25, 0.3) is 0 Å². The first-order valence-corrected chi connectivity index (χ1v) is 14.4. The number of carbonyl (C=O) groups is 2. The molecule has 5 nitrogen and oxygen atoms in total. The molecule has 2 N–H and O–H groups in total. The van der Waals surface area contributed by atoms with Crippen LogP contribution in [0.4, 0.5) is 0 Å². The number of nitrogens with zero attached hydrogens (tertiary/aromatic N) is 1. The summed E-state index contributed by atoms with van der Waals surface area (Å²) in [5, 5.41) is 12.9. The number of fused-ring (bicyclic) bond motifs is 2. The van der Waals surface area contributed by atoms with Gasteiger partial charge in [-0.3, -0.25) is 4.79 Å². The van der Waals surface area contributed by atoms with Crippen LogP contribution in [0.2, 0.25) is 5.02 Å². The van der Waals surface area contributed by atoms with E-state index in [1.165, 1.54) is 6.07 Å². The topological polar surface area (TPSA) is 83.0 Å². The highest BCUT2D eigenvalue weighted by Crippen LogP contribution is 2.37. The first-order chi connectivity index (χ1) is 20.4. The van der Waals surface area contributed by atoms with Gasteiger partial charge < -0.3 is 10.1 Å². The molecule has 0 unspecified atom stereocenters. The molecule has 0 saturated carbocycles. The predicted molar refractivity (Wildman–Crippen MR) is 169 cm³/mol. The van der Waals surface area contributed by atoms with Gasteiger partial charge in [-0.05, 0) is 76.2 Å². The number of aromatic nitrogens is 2. The molecule has 0 aliphatic heterocycles. The number of ketones is 1. The van der Waals surface area contributed by atoms with Crippen molar-refractivity contribution in [2.24, 2.45) is 0 Å². The Bertz CT molecular complexity index is 1890. The van der Waals surface area contributed by atoms with Gasteiger partial charge >= 0.3 is 5.97 Å². The van der Waals surface area contributed by atoms with Crippen molar-refractivity contribution >= 4 is 45.2 Å². The Morgan fingerprint density at radius 1 is 0.833 bits per heavy atom. The third-order valence-corrected chi connectivity index (χ3v) is 8.02. The van der Waals surface area contributed by atoms with Crippen LogP contribution in [-0.2, 0) is 0 Å². The van der Waals surface area contributed by atoms with Crippen LogP contribution < -0.4 is 0 Å². The van der Waals surface area contributed by atoms with Crippen LogP contribution >= 0.6 is 11.6 Å². The zero-order chi connectivity index (χ0) is 29.2. The second-order valence-corrected chi connectivity index (χ2v) is 11.0. The Balaban J connectivity index is 1.40. The molecule has 0 saturated heterocycles. The van der Waals surface area contributed by atoms with Crippen molar-refractivity contribution in [3.05, 3.63) is 125 Å². The van der Waals surface area contributed by atoms with Crippen molar-refractivity contribution in [1.82, 2.24) is 9.97 Å². The second kappa shape index (κ2) is 11.6. The van der Waals surface area contributed by atoms with Crippen molar-refractivity contribution in [3.63, 3.8) is 0 Å². The molecule has 0 fully saturated rings. The van der Waals surface area contributed by atoms with Crippen molar-refractivity contribution in [3.8, 4) is 22.5 Å². The van der Waals surface area contributed by atoms with Crippen LogP contribution in [0.3, 0.4) is 0 Å². The Hall–Kier alpha value is -4.74. The van der Waals surface area contributed by atoms with Crippen LogP contribution in [0.25, 0.3) is 44.3 Å². The van der Waals surface area contributed by atoms with Crippen LogP contribution in [0.5, 0.6) is 0 Å². The number of carbonyl (C=O) groups excluding carboxylic acids is 1. The van der Waals surface area contributed by atoms with Gasteiger partial charge in [0.2, 0.25) is 0 Å². The first kappa shape index (κ1) is 27.4. The molecule has 0 aliphatic carbocycles. The molecule has 5 aromatic carbocycles. The van der Waals surface area contributed by atoms with Gasteiger partial charge in [0, 0.05) is 22.6 Å². The maximum atomic E-state index is 13.4. The SMILES string of the molecule is CCC[C@@H](CC(=O)c1ccc(-c2cc(Cl)ccc2-c2nc3cc4ccccc4cc3[nH]2)c(C(=O)O)c1)c1ccccc1. The van der Waals surface area contributed by atoms with Gasteiger partial charge in [-0.15, -0.1) is 0 Å². The predicted octanol–water partition coefficient (Wildman–Crippen LogP) is 9.56. The van der Waals surface area contributed by atoms with Gasteiger partial charge in [-0.2, -0.15) is 0 Å². The monoisotopic (exact) mass is 572 g/mol. The molecule has 0 amide bonds. The summed E-state index contributed by atoms with van der Waals surface area (Å²) >= 11 is 6.43. The summed E-state index contributed by atoms with van der Waals surface area (Å²) in [6.45, 7) is 2.10. The Kier molecular flexibility index (Phi) is 7.60. The largest absolute Gasteiger partial charge is 0.478 e. The molecule has 0 spiro atoms. The fraction of sp³-hybridized carbons (Fsp3) is 0.139. The number of aromatic amines is 1.